The van der Waals surface area contributed by atoms with Gasteiger partial charge in [-0.2, -0.15) is 4.31 Å². The summed E-state index contributed by atoms with van der Waals surface area (Å²) in [6, 6.07) is 0.0193. The number of aromatic nitrogens is 2. The molecule has 0 saturated carbocycles. The average Bonchev–Trinajstić information content (AvgIpc) is 2.81. The van der Waals surface area contributed by atoms with Crippen LogP contribution in [0.1, 0.15) is 25.6 Å². The number of hydrogen-bond acceptors (Lipinski definition) is 4. The van der Waals surface area contributed by atoms with Gasteiger partial charge in [-0.05, 0) is 33.2 Å². The van der Waals surface area contributed by atoms with E-state index in [1.807, 2.05) is 18.4 Å². The first kappa shape index (κ1) is 14.5. The number of nitrogens with zero attached hydrogens (tertiary/aromatic N) is 3. The van der Waals surface area contributed by atoms with Crippen LogP contribution >= 0.6 is 0 Å². The normalized spacial score (nSPS) is 20.9. The first-order valence-corrected chi connectivity index (χ1v) is 8.13. The molecule has 1 aliphatic rings. The molecule has 1 unspecified atom stereocenters. The number of imidazole rings is 1. The molecule has 1 saturated heterocycles. The molecule has 0 radical (unpaired) electrons. The zero-order chi connectivity index (χ0) is 14.0. The first-order chi connectivity index (χ1) is 8.96. The summed E-state index contributed by atoms with van der Waals surface area (Å²) in [5.74, 6) is 0.733. The van der Waals surface area contributed by atoms with E-state index < -0.39 is 10.0 Å². The number of hydrogen-bond donors (Lipinski definition) is 1. The van der Waals surface area contributed by atoms with E-state index >= 15 is 0 Å². The lowest BCUT2D eigenvalue weighted by molar-refractivity contribution is 0.299. The Morgan fingerprint density at radius 2 is 2.32 bits per heavy atom. The zero-order valence-corrected chi connectivity index (χ0v) is 12.6. The quantitative estimate of drug-likeness (QED) is 0.879. The molecule has 0 aromatic carbocycles. The first-order valence-electron chi connectivity index (χ1n) is 6.69. The molecule has 1 fully saturated rings. The lowest BCUT2D eigenvalue weighted by Crippen LogP contribution is -2.46. The van der Waals surface area contributed by atoms with Crippen molar-refractivity contribution < 1.29 is 8.42 Å². The Hall–Kier alpha value is -0.920. The van der Waals surface area contributed by atoms with Gasteiger partial charge in [0.2, 0.25) is 0 Å². The summed E-state index contributed by atoms with van der Waals surface area (Å²) in [7, 11) is -1.84. The fourth-order valence-corrected chi connectivity index (χ4v) is 3.79. The monoisotopic (exact) mass is 286 g/mol. The Morgan fingerprint density at radius 1 is 1.58 bits per heavy atom. The predicted octanol–water partition coefficient (Wildman–Crippen LogP) is 0.584. The number of piperidine rings is 1. The van der Waals surface area contributed by atoms with Gasteiger partial charge in [-0.3, -0.25) is 0 Å². The maximum Gasteiger partial charge on any atom is 0.262 e. The van der Waals surface area contributed by atoms with E-state index in [1.165, 1.54) is 4.31 Å². The van der Waals surface area contributed by atoms with Crippen molar-refractivity contribution in [3.63, 3.8) is 0 Å². The molecule has 2 heterocycles. The van der Waals surface area contributed by atoms with Crippen LogP contribution in [0.2, 0.25) is 0 Å². The number of rotatable bonds is 4. The van der Waals surface area contributed by atoms with Crippen molar-refractivity contribution in [2.24, 2.45) is 0 Å². The van der Waals surface area contributed by atoms with Crippen LogP contribution in [-0.4, -0.2) is 48.5 Å². The van der Waals surface area contributed by atoms with Crippen molar-refractivity contribution in [1.29, 1.82) is 0 Å². The van der Waals surface area contributed by atoms with E-state index in [2.05, 4.69) is 10.3 Å². The fourth-order valence-electron chi connectivity index (χ4n) is 2.41. The number of nitrogens with one attached hydrogen (secondary N) is 1. The average molecular weight is 286 g/mol. The van der Waals surface area contributed by atoms with Gasteiger partial charge in [0.1, 0.15) is 5.82 Å². The van der Waals surface area contributed by atoms with Gasteiger partial charge in [0.25, 0.3) is 10.0 Å². The van der Waals surface area contributed by atoms with Gasteiger partial charge >= 0.3 is 0 Å². The molecule has 108 valence electrons. The summed E-state index contributed by atoms with van der Waals surface area (Å²) in [5.41, 5.74) is 0. The predicted molar refractivity (Wildman–Crippen MR) is 73.5 cm³/mol. The summed E-state index contributed by atoms with van der Waals surface area (Å²) >= 11 is 0. The standard InChI is InChI=1S/C12H22N4O2S/c1-4-16-9-12(14-10(16)2)19(17,18)15(3)11-6-5-7-13-8-11/h9,11,13H,4-8H2,1-3H3. The Balaban J connectivity index is 2.24. The van der Waals surface area contributed by atoms with Crippen LogP contribution in [0.5, 0.6) is 0 Å². The molecule has 1 N–H and O–H groups in total. The van der Waals surface area contributed by atoms with E-state index in [0.717, 1.165) is 31.8 Å². The van der Waals surface area contributed by atoms with Crippen molar-refractivity contribution in [1.82, 2.24) is 19.2 Å². The molecule has 0 spiro atoms. The van der Waals surface area contributed by atoms with Crippen LogP contribution in [0, 0.1) is 6.92 Å². The van der Waals surface area contributed by atoms with Gasteiger partial charge in [-0.15, -0.1) is 0 Å². The third-order valence-electron chi connectivity index (χ3n) is 3.72. The second-order valence-corrected chi connectivity index (χ2v) is 6.88. The van der Waals surface area contributed by atoms with Crippen molar-refractivity contribution in [2.45, 2.75) is 44.3 Å². The van der Waals surface area contributed by atoms with E-state index in [0.29, 0.717) is 6.54 Å². The van der Waals surface area contributed by atoms with E-state index in [4.69, 9.17) is 0 Å². The summed E-state index contributed by atoms with van der Waals surface area (Å²) in [5, 5.41) is 3.39. The van der Waals surface area contributed by atoms with Gasteiger partial charge < -0.3 is 9.88 Å². The maximum absolute atomic E-state index is 12.5. The topological polar surface area (TPSA) is 67.2 Å². The fraction of sp³-hybridized carbons (Fsp3) is 0.750. The highest BCUT2D eigenvalue weighted by molar-refractivity contribution is 7.89. The minimum Gasteiger partial charge on any atom is -0.334 e. The van der Waals surface area contributed by atoms with Crippen molar-refractivity contribution in [3.05, 3.63) is 12.0 Å². The van der Waals surface area contributed by atoms with Crippen molar-refractivity contribution in [2.75, 3.05) is 20.1 Å². The smallest absolute Gasteiger partial charge is 0.262 e. The summed E-state index contributed by atoms with van der Waals surface area (Å²) in [6.07, 6.45) is 3.53. The molecule has 0 aliphatic carbocycles. The molecule has 6 nitrogen and oxygen atoms in total. The van der Waals surface area contributed by atoms with Crippen LogP contribution in [0.25, 0.3) is 0 Å². The largest absolute Gasteiger partial charge is 0.334 e. The zero-order valence-electron chi connectivity index (χ0n) is 11.8. The molecular formula is C12H22N4O2S. The Kier molecular flexibility index (Phi) is 4.27. The summed E-state index contributed by atoms with van der Waals surface area (Å²) in [4.78, 5) is 4.18. The summed E-state index contributed by atoms with van der Waals surface area (Å²) in [6.45, 7) is 6.20. The lowest BCUT2D eigenvalue weighted by Gasteiger charge is -2.30. The second kappa shape index (κ2) is 5.60. The minimum absolute atomic E-state index is 0.0193. The van der Waals surface area contributed by atoms with Crippen molar-refractivity contribution >= 4 is 10.0 Å². The molecule has 1 atom stereocenters. The minimum atomic E-state index is -3.49. The van der Waals surface area contributed by atoms with Crippen LogP contribution in [-0.2, 0) is 16.6 Å². The molecule has 0 bridgehead atoms. The molecule has 1 aliphatic heterocycles. The number of aryl methyl sites for hydroxylation is 2. The third kappa shape index (κ3) is 2.82. The van der Waals surface area contributed by atoms with Crippen LogP contribution < -0.4 is 5.32 Å². The number of sulfonamides is 1. The van der Waals surface area contributed by atoms with E-state index in [1.54, 1.807) is 13.2 Å². The summed E-state index contributed by atoms with van der Waals surface area (Å²) < 4.78 is 28.4. The van der Waals surface area contributed by atoms with Gasteiger partial charge in [0.15, 0.2) is 5.03 Å². The molecule has 0 amide bonds. The molecule has 1 aromatic rings. The Labute approximate surface area is 114 Å². The van der Waals surface area contributed by atoms with Crippen LogP contribution in [0.4, 0.5) is 0 Å². The van der Waals surface area contributed by atoms with Crippen LogP contribution in [0.15, 0.2) is 11.2 Å². The van der Waals surface area contributed by atoms with Gasteiger partial charge in [0.05, 0.1) is 0 Å². The molecule has 7 heteroatoms. The van der Waals surface area contributed by atoms with E-state index in [9.17, 15) is 8.42 Å². The molecule has 1 aromatic heterocycles. The Bertz CT molecular complexity index is 532. The van der Waals surface area contributed by atoms with Crippen molar-refractivity contribution in [3.8, 4) is 0 Å². The van der Waals surface area contributed by atoms with E-state index in [-0.39, 0.29) is 11.1 Å². The molecular weight excluding hydrogens is 264 g/mol. The third-order valence-corrected chi connectivity index (χ3v) is 5.50. The highest BCUT2D eigenvalue weighted by atomic mass is 32.2. The Morgan fingerprint density at radius 3 is 2.84 bits per heavy atom. The highest BCUT2D eigenvalue weighted by Crippen LogP contribution is 2.19. The molecule has 2 rings (SSSR count). The maximum atomic E-state index is 12.5. The molecule has 19 heavy (non-hydrogen) atoms. The SMILES string of the molecule is CCn1cc(S(=O)(=O)N(C)C2CCCNC2)nc1C. The number of likely N-dealkylation sites (N-methyl/N-ethyl adjacent to an activating group) is 1. The van der Waals surface area contributed by atoms with Crippen LogP contribution in [0.3, 0.4) is 0 Å². The van der Waals surface area contributed by atoms with Gasteiger partial charge in [0, 0.05) is 32.4 Å². The highest BCUT2D eigenvalue weighted by Gasteiger charge is 2.31. The second-order valence-electron chi connectivity index (χ2n) is 4.93. The van der Waals surface area contributed by atoms with Gasteiger partial charge in [-0.1, -0.05) is 0 Å². The van der Waals surface area contributed by atoms with Gasteiger partial charge in [-0.25, -0.2) is 13.4 Å². The lowest BCUT2D eigenvalue weighted by atomic mass is 10.1.